The van der Waals surface area contributed by atoms with E-state index < -0.39 is 32.1 Å². The zero-order chi connectivity index (χ0) is 17.0. The highest BCUT2D eigenvalue weighted by molar-refractivity contribution is 7.92. The van der Waals surface area contributed by atoms with E-state index in [1.807, 2.05) is 4.98 Å². The second-order valence-corrected chi connectivity index (χ2v) is 6.68. The summed E-state index contributed by atoms with van der Waals surface area (Å²) in [6.07, 6.45) is 0.696. The summed E-state index contributed by atoms with van der Waals surface area (Å²) in [5.41, 5.74) is -1.54. The van der Waals surface area contributed by atoms with Crippen LogP contribution in [-0.4, -0.2) is 35.9 Å². The van der Waals surface area contributed by atoms with E-state index in [2.05, 4.69) is 14.7 Å². The third-order valence-electron chi connectivity index (χ3n) is 2.48. The molecule has 12 heteroatoms. The number of nitrogens with zero attached hydrogens (tertiary/aromatic N) is 1. The van der Waals surface area contributed by atoms with E-state index in [-0.39, 0.29) is 18.2 Å². The van der Waals surface area contributed by atoms with Crippen LogP contribution in [0.2, 0.25) is 0 Å². The number of rotatable bonds is 6. The first-order valence-electron chi connectivity index (χ1n) is 6.26. The number of esters is 1. The van der Waals surface area contributed by atoms with Crippen molar-refractivity contribution >= 4 is 32.5 Å². The number of nitrogens with one attached hydrogen (secondary N) is 3. The van der Waals surface area contributed by atoms with Gasteiger partial charge in [0.25, 0.3) is 15.6 Å². The van der Waals surface area contributed by atoms with Crippen molar-refractivity contribution in [2.24, 2.45) is 0 Å². The second kappa shape index (κ2) is 6.75. The van der Waals surface area contributed by atoms with E-state index in [1.165, 1.54) is 5.38 Å². The lowest BCUT2D eigenvalue weighted by atomic mass is 10.3. The number of sulfonamides is 1. The van der Waals surface area contributed by atoms with Crippen LogP contribution in [0.15, 0.2) is 26.1 Å². The van der Waals surface area contributed by atoms with Gasteiger partial charge in [-0.15, -0.1) is 11.3 Å². The van der Waals surface area contributed by atoms with Gasteiger partial charge in [-0.1, -0.05) is 0 Å². The number of carbonyl (C=O) groups is 1. The number of hydrogen-bond acceptors (Lipinski definition) is 8. The molecule has 0 saturated heterocycles. The third-order valence-corrected chi connectivity index (χ3v) is 4.76. The highest BCUT2D eigenvalue weighted by Gasteiger charge is 2.20. The lowest BCUT2D eigenvalue weighted by Crippen LogP contribution is -2.29. The van der Waals surface area contributed by atoms with Gasteiger partial charge in [-0.05, 0) is 6.92 Å². The van der Waals surface area contributed by atoms with Crippen molar-refractivity contribution in [1.29, 1.82) is 0 Å². The van der Waals surface area contributed by atoms with E-state index in [1.54, 1.807) is 6.92 Å². The van der Waals surface area contributed by atoms with Crippen molar-refractivity contribution < 1.29 is 17.9 Å². The molecule has 0 unspecified atom stereocenters. The van der Waals surface area contributed by atoms with Crippen molar-refractivity contribution in [2.75, 3.05) is 11.3 Å². The summed E-state index contributed by atoms with van der Waals surface area (Å²) in [4.78, 5) is 40.9. The summed E-state index contributed by atoms with van der Waals surface area (Å²) in [5, 5.41) is 1.47. The minimum Gasteiger partial charge on any atom is -0.466 e. The fourth-order valence-corrected chi connectivity index (χ4v) is 3.53. The summed E-state index contributed by atoms with van der Waals surface area (Å²) in [7, 11) is -4.22. The van der Waals surface area contributed by atoms with E-state index in [4.69, 9.17) is 4.74 Å². The Morgan fingerprint density at radius 2 is 2.17 bits per heavy atom. The number of H-pyrrole nitrogens is 2. The molecule has 0 spiro atoms. The Bertz CT molecular complexity index is 926. The van der Waals surface area contributed by atoms with Crippen LogP contribution in [0.3, 0.4) is 0 Å². The molecular formula is C11H12N4O6S2. The van der Waals surface area contributed by atoms with Gasteiger partial charge in [0.1, 0.15) is 0 Å². The maximum Gasteiger partial charge on any atom is 0.325 e. The first kappa shape index (κ1) is 16.9. The average Bonchev–Trinajstić information content (AvgIpc) is 2.84. The molecule has 0 aliphatic rings. The van der Waals surface area contributed by atoms with Gasteiger partial charge in [0, 0.05) is 11.6 Å². The largest absolute Gasteiger partial charge is 0.466 e. The fraction of sp³-hybridized carbons (Fsp3) is 0.273. The lowest BCUT2D eigenvalue weighted by molar-refractivity contribution is -0.142. The lowest BCUT2D eigenvalue weighted by Gasteiger charge is -2.03. The number of anilines is 1. The minimum absolute atomic E-state index is 0.0186. The predicted molar refractivity (Wildman–Crippen MR) is 80.9 cm³/mol. The molecule has 0 amide bonds. The minimum atomic E-state index is -4.22. The summed E-state index contributed by atoms with van der Waals surface area (Å²) in [6, 6.07) is 0. The van der Waals surface area contributed by atoms with E-state index in [0.29, 0.717) is 5.69 Å². The molecule has 124 valence electrons. The molecular weight excluding hydrogens is 348 g/mol. The Hall–Kier alpha value is -2.47. The quantitative estimate of drug-likeness (QED) is 0.583. The number of hydrogen-bond donors (Lipinski definition) is 3. The molecule has 2 aromatic heterocycles. The van der Waals surface area contributed by atoms with Crippen molar-refractivity contribution in [3.05, 3.63) is 38.1 Å². The van der Waals surface area contributed by atoms with Gasteiger partial charge < -0.3 is 9.72 Å². The Morgan fingerprint density at radius 3 is 2.83 bits per heavy atom. The monoisotopic (exact) mass is 360 g/mol. The number of carbonyl (C=O) groups excluding carboxylic acids is 1. The SMILES string of the molecule is CCOC(=O)Cc1csc(NS(=O)(=O)c2c[nH]c(=O)[nH]c2=O)n1. The highest BCUT2D eigenvalue weighted by atomic mass is 32.2. The number of aromatic nitrogens is 3. The summed E-state index contributed by atoms with van der Waals surface area (Å²) in [6.45, 7) is 1.90. The second-order valence-electron chi connectivity index (χ2n) is 4.17. The van der Waals surface area contributed by atoms with Crippen LogP contribution >= 0.6 is 11.3 Å². The van der Waals surface area contributed by atoms with Crippen molar-refractivity contribution in [2.45, 2.75) is 18.2 Å². The van der Waals surface area contributed by atoms with Crippen molar-refractivity contribution in [1.82, 2.24) is 15.0 Å². The van der Waals surface area contributed by atoms with Crippen molar-refractivity contribution in [3.63, 3.8) is 0 Å². The maximum absolute atomic E-state index is 12.1. The Morgan fingerprint density at radius 1 is 1.43 bits per heavy atom. The topological polar surface area (TPSA) is 151 Å². The fourth-order valence-electron chi connectivity index (χ4n) is 1.56. The number of ether oxygens (including phenoxy) is 1. The molecule has 0 aliphatic heterocycles. The van der Waals surface area contributed by atoms with Gasteiger partial charge >= 0.3 is 11.7 Å². The van der Waals surface area contributed by atoms with Gasteiger partial charge in [-0.2, -0.15) is 0 Å². The van der Waals surface area contributed by atoms with Gasteiger partial charge in [-0.25, -0.2) is 18.2 Å². The summed E-state index contributed by atoms with van der Waals surface area (Å²) >= 11 is 0.947. The van der Waals surface area contributed by atoms with Gasteiger partial charge in [0.05, 0.1) is 18.7 Å². The normalized spacial score (nSPS) is 11.2. The van der Waals surface area contributed by atoms with Gasteiger partial charge in [-0.3, -0.25) is 19.3 Å². The standard InChI is InChI=1S/C11H12N4O6S2/c1-2-21-8(16)3-6-5-22-11(13-6)15-23(19,20)7-4-12-10(18)14-9(7)17/h4-5H,2-3H2,1H3,(H,13,15)(H2,12,14,17,18). The third kappa shape index (κ3) is 4.26. The molecule has 0 radical (unpaired) electrons. The average molecular weight is 360 g/mol. The Labute approximate surface area is 133 Å². The number of aromatic amines is 2. The molecule has 0 aromatic carbocycles. The maximum atomic E-state index is 12.1. The number of thiazole rings is 1. The first-order chi connectivity index (χ1) is 10.8. The molecule has 0 atom stereocenters. The molecule has 3 N–H and O–H groups in total. The first-order valence-corrected chi connectivity index (χ1v) is 8.63. The van der Waals surface area contributed by atoms with Gasteiger partial charge in [0.2, 0.25) is 0 Å². The van der Waals surface area contributed by atoms with Crippen LogP contribution in [0, 0.1) is 0 Å². The molecule has 2 aromatic rings. The zero-order valence-corrected chi connectivity index (χ0v) is 13.4. The molecule has 0 saturated carbocycles. The van der Waals surface area contributed by atoms with Gasteiger partial charge in [0.15, 0.2) is 10.0 Å². The molecule has 10 nitrogen and oxygen atoms in total. The predicted octanol–water partition coefficient (Wildman–Crippen LogP) is -0.574. The Kier molecular flexibility index (Phi) is 4.95. The molecule has 0 bridgehead atoms. The van der Waals surface area contributed by atoms with Crippen LogP contribution in [-0.2, 0) is 26.0 Å². The van der Waals surface area contributed by atoms with E-state index >= 15 is 0 Å². The highest BCUT2D eigenvalue weighted by Crippen LogP contribution is 2.19. The van der Waals surface area contributed by atoms with E-state index in [9.17, 15) is 22.8 Å². The van der Waals surface area contributed by atoms with Crippen LogP contribution in [0.25, 0.3) is 0 Å². The van der Waals surface area contributed by atoms with Crippen LogP contribution in [0.5, 0.6) is 0 Å². The zero-order valence-electron chi connectivity index (χ0n) is 11.8. The van der Waals surface area contributed by atoms with E-state index in [0.717, 1.165) is 17.5 Å². The molecule has 0 fully saturated rings. The van der Waals surface area contributed by atoms with Crippen molar-refractivity contribution in [3.8, 4) is 0 Å². The van der Waals surface area contributed by atoms with Crippen LogP contribution in [0.4, 0.5) is 5.13 Å². The summed E-state index contributed by atoms with van der Waals surface area (Å²) < 4.78 is 31.0. The van der Waals surface area contributed by atoms with Crippen LogP contribution < -0.4 is 16.0 Å². The molecule has 2 rings (SSSR count). The molecule has 23 heavy (non-hydrogen) atoms. The molecule has 2 heterocycles. The molecule has 0 aliphatic carbocycles. The summed E-state index contributed by atoms with van der Waals surface area (Å²) in [5.74, 6) is -0.482. The van der Waals surface area contributed by atoms with Crippen LogP contribution in [0.1, 0.15) is 12.6 Å². The smallest absolute Gasteiger partial charge is 0.325 e. The Balaban J connectivity index is 2.18.